The number of aromatic nitrogens is 3. The van der Waals surface area contributed by atoms with Gasteiger partial charge in [-0.2, -0.15) is 0 Å². The number of anilines is 1. The number of rotatable bonds is 8. The number of thioether (sulfide) groups is 1. The molecular weight excluding hydrogens is 404 g/mol. The summed E-state index contributed by atoms with van der Waals surface area (Å²) in [5.74, 6) is 0.331. The smallest absolute Gasteiger partial charge is 0.338 e. The van der Waals surface area contributed by atoms with Crippen LogP contribution in [0, 0.1) is 0 Å². The molecule has 2 N–H and O–H groups in total. The Kier molecular flexibility index (Phi) is 7.08. The van der Waals surface area contributed by atoms with E-state index in [1.165, 1.54) is 11.8 Å². The number of hydrogen-bond donors (Lipinski definition) is 2. The van der Waals surface area contributed by atoms with E-state index in [1.807, 2.05) is 11.5 Å². The van der Waals surface area contributed by atoms with Crippen molar-refractivity contribution >= 4 is 29.3 Å². The molecule has 1 aromatic heterocycles. The number of hydrogen-bond acceptors (Lipinski definition) is 7. The van der Waals surface area contributed by atoms with E-state index in [9.17, 15) is 14.7 Å². The van der Waals surface area contributed by atoms with Crippen LogP contribution in [0.25, 0.3) is 11.4 Å². The topological polar surface area (TPSA) is 106 Å². The van der Waals surface area contributed by atoms with Crippen LogP contribution < -0.4 is 5.32 Å². The lowest BCUT2D eigenvalue weighted by molar-refractivity contribution is -0.113. The molecule has 0 radical (unpaired) electrons. The average molecular weight is 426 g/mol. The van der Waals surface area contributed by atoms with Crippen LogP contribution >= 0.6 is 11.8 Å². The number of carbonyl (C=O) groups excluding carboxylic acids is 2. The molecule has 2 aromatic carbocycles. The minimum atomic E-state index is -0.430. The van der Waals surface area contributed by atoms with Gasteiger partial charge in [0.05, 0.1) is 17.9 Å². The van der Waals surface area contributed by atoms with Crippen LogP contribution in [0.4, 0.5) is 5.69 Å². The molecule has 8 nitrogen and oxygen atoms in total. The molecule has 0 saturated carbocycles. The fourth-order valence-electron chi connectivity index (χ4n) is 2.77. The zero-order valence-electron chi connectivity index (χ0n) is 16.7. The summed E-state index contributed by atoms with van der Waals surface area (Å²) in [6, 6.07) is 13.3. The normalized spacial score (nSPS) is 10.6. The van der Waals surface area contributed by atoms with Crippen molar-refractivity contribution in [3.63, 3.8) is 0 Å². The number of nitrogens with one attached hydrogen (secondary N) is 1. The molecule has 0 spiro atoms. The predicted molar refractivity (Wildman–Crippen MR) is 115 cm³/mol. The van der Waals surface area contributed by atoms with Gasteiger partial charge in [0.2, 0.25) is 5.91 Å². The van der Waals surface area contributed by atoms with Crippen LogP contribution in [0.1, 0.15) is 24.2 Å². The summed E-state index contributed by atoms with van der Waals surface area (Å²) in [7, 11) is 0. The Labute approximate surface area is 178 Å². The number of amides is 1. The number of ether oxygens (including phenoxy) is 1. The zero-order chi connectivity index (χ0) is 21.5. The van der Waals surface area contributed by atoms with E-state index in [0.29, 0.717) is 28.8 Å². The highest BCUT2D eigenvalue weighted by Crippen LogP contribution is 2.25. The van der Waals surface area contributed by atoms with Gasteiger partial charge in [-0.3, -0.25) is 4.79 Å². The third-order valence-electron chi connectivity index (χ3n) is 4.15. The molecule has 1 heterocycles. The second-order valence-corrected chi connectivity index (χ2v) is 7.18. The molecule has 1 amide bonds. The molecule has 0 aliphatic carbocycles. The fraction of sp³-hybridized carbons (Fsp3) is 0.238. The monoisotopic (exact) mass is 426 g/mol. The van der Waals surface area contributed by atoms with Crippen LogP contribution in [0.3, 0.4) is 0 Å². The average Bonchev–Trinajstić information content (AvgIpc) is 3.16. The lowest BCUT2D eigenvalue weighted by atomic mass is 10.2. The number of phenolic OH excluding ortho intramolecular Hbond substituents is 1. The van der Waals surface area contributed by atoms with Gasteiger partial charge in [-0.1, -0.05) is 17.8 Å². The maximum atomic E-state index is 12.4. The van der Waals surface area contributed by atoms with E-state index in [2.05, 4.69) is 15.5 Å². The van der Waals surface area contributed by atoms with Gasteiger partial charge in [0.1, 0.15) is 5.75 Å². The van der Waals surface area contributed by atoms with Gasteiger partial charge < -0.3 is 19.7 Å². The largest absolute Gasteiger partial charge is 0.508 e. The Bertz CT molecular complexity index is 1030. The molecule has 30 heavy (non-hydrogen) atoms. The molecular formula is C21H22N4O4S. The highest BCUT2D eigenvalue weighted by Gasteiger charge is 2.15. The highest BCUT2D eigenvalue weighted by atomic mass is 32.2. The maximum Gasteiger partial charge on any atom is 0.338 e. The molecule has 156 valence electrons. The van der Waals surface area contributed by atoms with Crippen LogP contribution in [0.5, 0.6) is 5.75 Å². The van der Waals surface area contributed by atoms with Gasteiger partial charge in [-0.15, -0.1) is 10.2 Å². The molecule has 0 aliphatic heterocycles. The highest BCUT2D eigenvalue weighted by molar-refractivity contribution is 7.99. The first-order valence-corrected chi connectivity index (χ1v) is 10.4. The standard InChI is InChI=1S/C21H22N4O4S/c1-3-25-19(14-8-10-17(26)11-9-14)23-24-21(25)30-13-18(27)22-16-7-5-6-15(12-16)20(28)29-4-2/h5-12,26H,3-4,13H2,1-2H3,(H,22,27). The number of carbonyl (C=O) groups is 2. The van der Waals surface area contributed by atoms with Crippen molar-refractivity contribution < 1.29 is 19.4 Å². The molecule has 0 bridgehead atoms. The van der Waals surface area contributed by atoms with Crippen molar-refractivity contribution in [1.29, 1.82) is 0 Å². The third kappa shape index (κ3) is 5.18. The summed E-state index contributed by atoms with van der Waals surface area (Å²) in [6.07, 6.45) is 0. The summed E-state index contributed by atoms with van der Waals surface area (Å²) in [5, 5.41) is 21.3. The lowest BCUT2D eigenvalue weighted by Gasteiger charge is -2.09. The van der Waals surface area contributed by atoms with E-state index in [-0.39, 0.29) is 24.0 Å². The second-order valence-electron chi connectivity index (χ2n) is 6.24. The number of aromatic hydroxyl groups is 1. The van der Waals surface area contributed by atoms with Crippen molar-refractivity contribution in [3.05, 3.63) is 54.1 Å². The van der Waals surface area contributed by atoms with Gasteiger partial charge in [0.25, 0.3) is 0 Å². The lowest BCUT2D eigenvalue weighted by Crippen LogP contribution is -2.15. The van der Waals surface area contributed by atoms with E-state index in [1.54, 1.807) is 55.5 Å². The predicted octanol–water partition coefficient (Wildman–Crippen LogP) is 3.58. The number of esters is 1. The quantitative estimate of drug-likeness (QED) is 0.419. The third-order valence-corrected chi connectivity index (χ3v) is 5.12. The van der Waals surface area contributed by atoms with E-state index in [4.69, 9.17) is 4.74 Å². The van der Waals surface area contributed by atoms with E-state index >= 15 is 0 Å². The van der Waals surface area contributed by atoms with Gasteiger partial charge in [-0.05, 0) is 56.3 Å². The maximum absolute atomic E-state index is 12.4. The van der Waals surface area contributed by atoms with Gasteiger partial charge in [-0.25, -0.2) is 4.79 Å². The van der Waals surface area contributed by atoms with Crippen LogP contribution in [0.2, 0.25) is 0 Å². The Balaban J connectivity index is 1.65. The Morgan fingerprint density at radius 1 is 1.13 bits per heavy atom. The fourth-order valence-corrected chi connectivity index (χ4v) is 3.57. The first kappa shape index (κ1) is 21.4. The Morgan fingerprint density at radius 2 is 1.90 bits per heavy atom. The van der Waals surface area contributed by atoms with Crippen LogP contribution in [0.15, 0.2) is 53.7 Å². The summed E-state index contributed by atoms with van der Waals surface area (Å²) in [5.41, 5.74) is 1.73. The molecule has 0 saturated heterocycles. The molecule has 0 aliphatic rings. The summed E-state index contributed by atoms with van der Waals surface area (Å²) < 4.78 is 6.88. The molecule has 3 aromatic rings. The summed E-state index contributed by atoms with van der Waals surface area (Å²) in [6.45, 7) is 4.63. The minimum Gasteiger partial charge on any atom is -0.508 e. The zero-order valence-corrected chi connectivity index (χ0v) is 17.5. The van der Waals surface area contributed by atoms with Crippen molar-refractivity contribution in [2.24, 2.45) is 0 Å². The number of nitrogens with zero attached hydrogens (tertiary/aromatic N) is 3. The summed E-state index contributed by atoms with van der Waals surface area (Å²) >= 11 is 1.27. The molecule has 0 atom stereocenters. The van der Waals surface area contributed by atoms with Crippen LogP contribution in [-0.2, 0) is 16.1 Å². The second kappa shape index (κ2) is 9.93. The van der Waals surface area contributed by atoms with Crippen molar-refractivity contribution in [1.82, 2.24) is 14.8 Å². The Hall–Kier alpha value is -3.33. The first-order chi connectivity index (χ1) is 14.5. The molecule has 3 rings (SSSR count). The van der Waals surface area contributed by atoms with Crippen molar-refractivity contribution in [2.45, 2.75) is 25.5 Å². The van der Waals surface area contributed by atoms with Gasteiger partial charge >= 0.3 is 5.97 Å². The SMILES string of the molecule is CCOC(=O)c1cccc(NC(=O)CSc2nnc(-c3ccc(O)cc3)n2CC)c1. The Morgan fingerprint density at radius 3 is 2.60 bits per heavy atom. The van der Waals surface area contributed by atoms with Crippen molar-refractivity contribution in [2.75, 3.05) is 17.7 Å². The summed E-state index contributed by atoms with van der Waals surface area (Å²) in [4.78, 5) is 24.2. The minimum absolute atomic E-state index is 0.136. The van der Waals surface area contributed by atoms with E-state index in [0.717, 1.165) is 5.56 Å². The van der Waals surface area contributed by atoms with Crippen molar-refractivity contribution in [3.8, 4) is 17.1 Å². The first-order valence-electron chi connectivity index (χ1n) is 9.44. The number of benzene rings is 2. The molecule has 0 fully saturated rings. The molecule has 9 heteroatoms. The van der Waals surface area contributed by atoms with Crippen LogP contribution in [-0.4, -0.2) is 44.1 Å². The van der Waals surface area contributed by atoms with E-state index < -0.39 is 5.97 Å². The van der Waals surface area contributed by atoms with Gasteiger partial charge in [0, 0.05) is 17.8 Å². The number of phenols is 1. The van der Waals surface area contributed by atoms with Gasteiger partial charge in [0.15, 0.2) is 11.0 Å². The molecule has 0 unspecified atom stereocenters.